The Bertz CT molecular complexity index is 274. The maximum Gasteiger partial charge on any atom is 0.0928 e. The average molecular weight is 166 g/mol. The maximum atomic E-state index is 12.1. The highest BCUT2D eigenvalue weighted by molar-refractivity contribution is 5.65. The lowest BCUT2D eigenvalue weighted by molar-refractivity contribution is 0.348. The molecule has 0 aliphatic rings. The predicted octanol–water partition coefficient (Wildman–Crippen LogP) is 2.30. The summed E-state index contributed by atoms with van der Waals surface area (Å²) in [5, 5.41) is 8.74. The lowest BCUT2D eigenvalue weighted by Crippen LogP contribution is -1.89. The minimum Gasteiger partial charge on any atom is -0.392 e. The smallest absolute Gasteiger partial charge is 0.0928 e. The van der Waals surface area contributed by atoms with Crippen LogP contribution in [0.3, 0.4) is 0 Å². The topological polar surface area (TPSA) is 20.2 Å². The molecular weight excluding hydrogens is 155 g/mol. The van der Waals surface area contributed by atoms with Gasteiger partial charge in [-0.05, 0) is 12.5 Å². The van der Waals surface area contributed by atoms with Gasteiger partial charge in [-0.2, -0.15) is 0 Å². The Morgan fingerprint density at radius 3 is 2.42 bits per heavy atom. The van der Waals surface area contributed by atoms with Crippen molar-refractivity contribution in [3.8, 4) is 0 Å². The Kier molecular flexibility index (Phi) is 3.00. The van der Waals surface area contributed by atoms with Gasteiger partial charge in [0.05, 0.1) is 12.9 Å². The molecule has 0 radical (unpaired) electrons. The summed E-state index contributed by atoms with van der Waals surface area (Å²) in [6.45, 7) is 1.70. The molecule has 0 spiro atoms. The first-order valence-corrected chi connectivity index (χ1v) is 3.75. The number of benzene rings is 1. The predicted molar refractivity (Wildman–Crippen MR) is 47.3 cm³/mol. The highest BCUT2D eigenvalue weighted by Gasteiger charge is 1.98. The Balaban J connectivity index is 2.96. The summed E-state index contributed by atoms with van der Waals surface area (Å²) in [6, 6.07) is 7.34. The van der Waals surface area contributed by atoms with Gasteiger partial charge in [0.25, 0.3) is 0 Å². The molecule has 12 heavy (non-hydrogen) atoms. The van der Waals surface area contributed by atoms with Gasteiger partial charge in [-0.25, -0.2) is 4.39 Å². The zero-order chi connectivity index (χ0) is 8.97. The second-order valence-electron chi connectivity index (χ2n) is 2.66. The van der Waals surface area contributed by atoms with Crippen molar-refractivity contribution in [1.82, 2.24) is 0 Å². The second kappa shape index (κ2) is 4.02. The Hall–Kier alpha value is -1.15. The first-order valence-electron chi connectivity index (χ1n) is 3.75. The maximum absolute atomic E-state index is 12.1. The average Bonchev–Trinajstić information content (AvgIpc) is 2.10. The molecule has 1 nitrogen and oxygen atoms in total. The summed E-state index contributed by atoms with van der Waals surface area (Å²) in [4.78, 5) is 0. The third-order valence-electron chi connectivity index (χ3n) is 1.72. The number of hydrogen-bond acceptors (Lipinski definition) is 1. The van der Waals surface area contributed by atoms with E-state index in [2.05, 4.69) is 0 Å². The minimum atomic E-state index is -0.264. The summed E-state index contributed by atoms with van der Waals surface area (Å²) >= 11 is 0. The van der Waals surface area contributed by atoms with Gasteiger partial charge < -0.3 is 5.11 Å². The van der Waals surface area contributed by atoms with Gasteiger partial charge >= 0.3 is 0 Å². The lowest BCUT2D eigenvalue weighted by atomic mass is 10.1. The fourth-order valence-corrected chi connectivity index (χ4v) is 0.956. The number of rotatable bonds is 2. The van der Waals surface area contributed by atoms with E-state index < -0.39 is 0 Å². The summed E-state index contributed by atoms with van der Waals surface area (Å²) in [7, 11) is 0. The Morgan fingerprint density at radius 1 is 1.42 bits per heavy atom. The Labute approximate surface area is 71.2 Å². The molecule has 0 aliphatic carbocycles. The fourth-order valence-electron chi connectivity index (χ4n) is 0.956. The van der Waals surface area contributed by atoms with Gasteiger partial charge in [-0.15, -0.1) is 0 Å². The van der Waals surface area contributed by atoms with E-state index in [1.165, 1.54) is 0 Å². The van der Waals surface area contributed by atoms with Crippen molar-refractivity contribution < 1.29 is 9.50 Å². The lowest BCUT2D eigenvalue weighted by Gasteiger charge is -2.01. The van der Waals surface area contributed by atoms with Gasteiger partial charge in [0.1, 0.15) is 0 Å². The molecule has 2 heteroatoms. The molecule has 0 heterocycles. The number of aliphatic hydroxyl groups excluding tert-OH is 1. The SMILES string of the molecule is Cc1ccc(C(=CF)CO)cc1. The standard InChI is InChI=1S/C10H11FO/c1-8-2-4-9(5-3-8)10(6-11)7-12/h2-6,12H,7H2,1H3. The molecule has 1 N–H and O–H groups in total. The molecule has 1 rings (SSSR count). The molecule has 0 saturated carbocycles. The van der Waals surface area contributed by atoms with E-state index in [-0.39, 0.29) is 6.61 Å². The van der Waals surface area contributed by atoms with E-state index in [4.69, 9.17) is 5.11 Å². The van der Waals surface area contributed by atoms with Gasteiger partial charge in [0, 0.05) is 5.57 Å². The molecule has 0 aromatic heterocycles. The van der Waals surface area contributed by atoms with Crippen molar-refractivity contribution in [3.63, 3.8) is 0 Å². The number of halogens is 1. The molecule has 0 saturated heterocycles. The molecule has 0 bridgehead atoms. The monoisotopic (exact) mass is 166 g/mol. The molecular formula is C10H11FO. The van der Waals surface area contributed by atoms with Crippen LogP contribution in [0.1, 0.15) is 11.1 Å². The van der Waals surface area contributed by atoms with Crippen LogP contribution in [0.15, 0.2) is 30.6 Å². The van der Waals surface area contributed by atoms with E-state index in [9.17, 15) is 4.39 Å². The van der Waals surface area contributed by atoms with Crippen LogP contribution in [-0.4, -0.2) is 11.7 Å². The van der Waals surface area contributed by atoms with E-state index in [1.807, 2.05) is 19.1 Å². The summed E-state index contributed by atoms with van der Waals surface area (Å²) in [5.41, 5.74) is 2.16. The van der Waals surface area contributed by atoms with Crippen LogP contribution in [0.25, 0.3) is 5.57 Å². The summed E-state index contributed by atoms with van der Waals surface area (Å²) < 4.78 is 12.1. The van der Waals surface area contributed by atoms with Gasteiger partial charge in [0.2, 0.25) is 0 Å². The van der Waals surface area contributed by atoms with E-state index in [0.717, 1.165) is 11.1 Å². The second-order valence-corrected chi connectivity index (χ2v) is 2.66. The van der Waals surface area contributed by atoms with Gasteiger partial charge in [-0.1, -0.05) is 29.8 Å². The molecule has 0 atom stereocenters. The van der Waals surface area contributed by atoms with Crippen molar-refractivity contribution in [1.29, 1.82) is 0 Å². The van der Waals surface area contributed by atoms with Gasteiger partial charge in [-0.3, -0.25) is 0 Å². The fraction of sp³-hybridized carbons (Fsp3) is 0.200. The quantitative estimate of drug-likeness (QED) is 0.714. The summed E-state index contributed by atoms with van der Waals surface area (Å²) in [5.74, 6) is 0. The minimum absolute atomic E-state index is 0.264. The van der Waals surface area contributed by atoms with Crippen LogP contribution in [0.5, 0.6) is 0 Å². The van der Waals surface area contributed by atoms with Crippen LogP contribution < -0.4 is 0 Å². The van der Waals surface area contributed by atoms with Gasteiger partial charge in [0.15, 0.2) is 0 Å². The largest absolute Gasteiger partial charge is 0.392 e. The van der Waals surface area contributed by atoms with Crippen LogP contribution in [0, 0.1) is 6.92 Å². The van der Waals surface area contributed by atoms with Crippen molar-refractivity contribution in [2.75, 3.05) is 6.61 Å². The van der Waals surface area contributed by atoms with Crippen molar-refractivity contribution in [2.24, 2.45) is 0 Å². The highest BCUT2D eigenvalue weighted by Crippen LogP contribution is 2.14. The molecule has 64 valence electrons. The number of aliphatic hydroxyl groups is 1. The molecule has 1 aromatic carbocycles. The first kappa shape index (κ1) is 8.94. The molecule has 0 amide bonds. The first-order chi connectivity index (χ1) is 5.77. The highest BCUT2D eigenvalue weighted by atomic mass is 19.1. The van der Waals surface area contributed by atoms with E-state index in [0.29, 0.717) is 11.9 Å². The summed E-state index contributed by atoms with van der Waals surface area (Å²) in [6.07, 6.45) is 0.435. The number of aryl methyl sites for hydroxylation is 1. The Morgan fingerprint density at radius 2 is 2.00 bits per heavy atom. The number of hydrogen-bond donors (Lipinski definition) is 1. The van der Waals surface area contributed by atoms with Crippen molar-refractivity contribution >= 4 is 5.57 Å². The van der Waals surface area contributed by atoms with E-state index in [1.54, 1.807) is 12.1 Å². The van der Waals surface area contributed by atoms with Crippen LogP contribution >= 0.6 is 0 Å². The van der Waals surface area contributed by atoms with Crippen LogP contribution in [-0.2, 0) is 0 Å². The zero-order valence-corrected chi connectivity index (χ0v) is 6.92. The molecule has 0 aliphatic heterocycles. The molecule has 1 aromatic rings. The van der Waals surface area contributed by atoms with Crippen molar-refractivity contribution in [3.05, 3.63) is 41.7 Å². The van der Waals surface area contributed by atoms with Crippen molar-refractivity contribution in [2.45, 2.75) is 6.92 Å². The third-order valence-corrected chi connectivity index (χ3v) is 1.72. The van der Waals surface area contributed by atoms with Crippen LogP contribution in [0.4, 0.5) is 4.39 Å². The third kappa shape index (κ3) is 1.92. The van der Waals surface area contributed by atoms with Crippen LogP contribution in [0.2, 0.25) is 0 Å². The zero-order valence-electron chi connectivity index (χ0n) is 6.92. The van der Waals surface area contributed by atoms with E-state index >= 15 is 0 Å². The molecule has 0 fully saturated rings. The molecule has 0 unspecified atom stereocenters. The normalized spacial score (nSPS) is 11.8.